The molecule has 1 saturated carbocycles. The molecular weight excluding hydrogens is 232 g/mol. The SMILES string of the molecule is CCCNC1C(CN2CCC(C)C2)CCCC1(C)C. The van der Waals surface area contributed by atoms with Gasteiger partial charge in [-0.05, 0) is 56.0 Å². The Labute approximate surface area is 120 Å². The van der Waals surface area contributed by atoms with Crippen molar-refractivity contribution in [1.82, 2.24) is 10.2 Å². The van der Waals surface area contributed by atoms with Crippen molar-refractivity contribution in [2.24, 2.45) is 17.3 Å². The molecule has 1 heterocycles. The minimum atomic E-state index is 0.476. The number of hydrogen-bond donors (Lipinski definition) is 1. The second-order valence-electron chi connectivity index (χ2n) is 7.73. The van der Waals surface area contributed by atoms with Crippen LogP contribution < -0.4 is 5.32 Å². The first-order chi connectivity index (χ1) is 9.03. The Morgan fingerprint density at radius 1 is 1.26 bits per heavy atom. The van der Waals surface area contributed by atoms with Gasteiger partial charge in [0.05, 0.1) is 0 Å². The highest BCUT2D eigenvalue weighted by Gasteiger charge is 2.39. The van der Waals surface area contributed by atoms with Gasteiger partial charge in [0.15, 0.2) is 0 Å². The Balaban J connectivity index is 1.95. The van der Waals surface area contributed by atoms with E-state index in [2.05, 4.69) is 37.9 Å². The van der Waals surface area contributed by atoms with E-state index in [4.69, 9.17) is 0 Å². The van der Waals surface area contributed by atoms with Crippen LogP contribution in [0, 0.1) is 17.3 Å². The summed E-state index contributed by atoms with van der Waals surface area (Å²) in [5.74, 6) is 1.78. The van der Waals surface area contributed by atoms with Crippen molar-refractivity contribution in [1.29, 1.82) is 0 Å². The fraction of sp³-hybridized carbons (Fsp3) is 1.00. The van der Waals surface area contributed by atoms with Crippen LogP contribution in [0.3, 0.4) is 0 Å². The maximum Gasteiger partial charge on any atom is 0.0159 e. The van der Waals surface area contributed by atoms with Gasteiger partial charge in [-0.3, -0.25) is 0 Å². The Kier molecular flexibility index (Phi) is 5.30. The van der Waals surface area contributed by atoms with Gasteiger partial charge in [0.2, 0.25) is 0 Å². The molecule has 1 aliphatic heterocycles. The first-order valence-corrected chi connectivity index (χ1v) is 8.48. The third-order valence-electron chi connectivity index (χ3n) is 5.32. The number of nitrogens with one attached hydrogen (secondary N) is 1. The third-order valence-corrected chi connectivity index (χ3v) is 5.32. The molecule has 0 radical (unpaired) electrons. The lowest BCUT2D eigenvalue weighted by Gasteiger charge is -2.46. The summed E-state index contributed by atoms with van der Waals surface area (Å²) in [5.41, 5.74) is 0.476. The molecule has 2 aliphatic rings. The Morgan fingerprint density at radius 2 is 2.05 bits per heavy atom. The van der Waals surface area contributed by atoms with E-state index in [0.717, 1.165) is 17.9 Å². The molecule has 2 heteroatoms. The lowest BCUT2D eigenvalue weighted by atomic mass is 9.67. The van der Waals surface area contributed by atoms with Crippen LogP contribution in [0.15, 0.2) is 0 Å². The lowest BCUT2D eigenvalue weighted by molar-refractivity contribution is 0.0842. The van der Waals surface area contributed by atoms with E-state index in [9.17, 15) is 0 Å². The van der Waals surface area contributed by atoms with Gasteiger partial charge in [-0.2, -0.15) is 0 Å². The van der Waals surface area contributed by atoms with Crippen LogP contribution in [-0.2, 0) is 0 Å². The molecule has 0 aromatic heterocycles. The highest BCUT2D eigenvalue weighted by atomic mass is 15.2. The van der Waals surface area contributed by atoms with Gasteiger partial charge in [0, 0.05) is 19.1 Å². The molecule has 2 nitrogen and oxygen atoms in total. The van der Waals surface area contributed by atoms with Crippen molar-refractivity contribution >= 4 is 0 Å². The van der Waals surface area contributed by atoms with Crippen molar-refractivity contribution in [2.45, 2.75) is 65.8 Å². The van der Waals surface area contributed by atoms with Crippen LogP contribution >= 0.6 is 0 Å². The van der Waals surface area contributed by atoms with Crippen LogP contribution in [0.5, 0.6) is 0 Å². The molecular formula is C17H34N2. The van der Waals surface area contributed by atoms with Gasteiger partial charge in [-0.15, -0.1) is 0 Å². The van der Waals surface area contributed by atoms with Crippen LogP contribution in [0.1, 0.15) is 59.8 Å². The van der Waals surface area contributed by atoms with Crippen LogP contribution in [0.4, 0.5) is 0 Å². The first kappa shape index (κ1) is 15.3. The minimum Gasteiger partial charge on any atom is -0.313 e. The largest absolute Gasteiger partial charge is 0.313 e. The summed E-state index contributed by atoms with van der Waals surface area (Å²) < 4.78 is 0. The monoisotopic (exact) mass is 266 g/mol. The molecule has 1 saturated heterocycles. The predicted molar refractivity (Wildman–Crippen MR) is 83.4 cm³/mol. The fourth-order valence-electron chi connectivity index (χ4n) is 4.24. The summed E-state index contributed by atoms with van der Waals surface area (Å²) in [6.07, 6.45) is 6.89. The Bertz CT molecular complexity index is 274. The summed E-state index contributed by atoms with van der Waals surface area (Å²) in [6.45, 7) is 14.8. The average Bonchev–Trinajstić information content (AvgIpc) is 2.73. The van der Waals surface area contributed by atoms with Crippen molar-refractivity contribution < 1.29 is 0 Å². The van der Waals surface area contributed by atoms with Crippen molar-refractivity contribution in [2.75, 3.05) is 26.2 Å². The van der Waals surface area contributed by atoms with Crippen molar-refractivity contribution in [3.05, 3.63) is 0 Å². The molecule has 0 amide bonds. The highest BCUT2D eigenvalue weighted by molar-refractivity contribution is 4.95. The molecule has 0 aromatic rings. The number of likely N-dealkylation sites (tertiary alicyclic amines) is 1. The van der Waals surface area contributed by atoms with Crippen LogP contribution in [0.25, 0.3) is 0 Å². The zero-order valence-electron chi connectivity index (χ0n) is 13.5. The van der Waals surface area contributed by atoms with E-state index >= 15 is 0 Å². The van der Waals surface area contributed by atoms with Gasteiger partial charge < -0.3 is 10.2 Å². The summed E-state index contributed by atoms with van der Waals surface area (Å²) in [6, 6.07) is 0.720. The van der Waals surface area contributed by atoms with Gasteiger partial charge >= 0.3 is 0 Å². The minimum absolute atomic E-state index is 0.476. The maximum absolute atomic E-state index is 3.87. The molecule has 112 valence electrons. The van der Waals surface area contributed by atoms with E-state index in [0.29, 0.717) is 5.41 Å². The Morgan fingerprint density at radius 3 is 2.68 bits per heavy atom. The average molecular weight is 266 g/mol. The zero-order chi connectivity index (χ0) is 13.9. The molecule has 0 bridgehead atoms. The zero-order valence-corrected chi connectivity index (χ0v) is 13.5. The van der Waals surface area contributed by atoms with E-state index in [1.165, 1.54) is 58.3 Å². The standard InChI is InChI=1S/C17H34N2/c1-5-10-18-16-15(7-6-9-17(16,3)4)13-19-11-8-14(2)12-19/h14-16,18H,5-13H2,1-4H3. The highest BCUT2D eigenvalue weighted by Crippen LogP contribution is 2.39. The summed E-state index contributed by atoms with van der Waals surface area (Å²) in [7, 11) is 0. The molecule has 1 aliphatic carbocycles. The summed E-state index contributed by atoms with van der Waals surface area (Å²) in [4.78, 5) is 2.72. The molecule has 0 spiro atoms. The molecule has 3 unspecified atom stereocenters. The van der Waals surface area contributed by atoms with Crippen LogP contribution in [-0.4, -0.2) is 37.1 Å². The van der Waals surface area contributed by atoms with E-state index in [1.54, 1.807) is 0 Å². The molecule has 2 rings (SSSR count). The quantitative estimate of drug-likeness (QED) is 0.819. The molecule has 19 heavy (non-hydrogen) atoms. The summed E-state index contributed by atoms with van der Waals surface area (Å²) >= 11 is 0. The molecule has 1 N–H and O–H groups in total. The van der Waals surface area contributed by atoms with Gasteiger partial charge in [0.1, 0.15) is 0 Å². The Hall–Kier alpha value is -0.0800. The molecule has 2 fully saturated rings. The topological polar surface area (TPSA) is 15.3 Å². The van der Waals surface area contributed by atoms with Gasteiger partial charge in [-0.1, -0.05) is 34.1 Å². The normalized spacial score (nSPS) is 35.7. The van der Waals surface area contributed by atoms with E-state index in [-0.39, 0.29) is 0 Å². The lowest BCUT2D eigenvalue weighted by Crippen LogP contribution is -2.52. The number of hydrogen-bond acceptors (Lipinski definition) is 2. The fourth-order valence-corrected chi connectivity index (χ4v) is 4.24. The maximum atomic E-state index is 3.87. The van der Waals surface area contributed by atoms with Crippen molar-refractivity contribution in [3.8, 4) is 0 Å². The van der Waals surface area contributed by atoms with Gasteiger partial charge in [0.25, 0.3) is 0 Å². The van der Waals surface area contributed by atoms with Crippen LogP contribution in [0.2, 0.25) is 0 Å². The number of nitrogens with zero attached hydrogens (tertiary/aromatic N) is 1. The first-order valence-electron chi connectivity index (χ1n) is 8.48. The molecule has 3 atom stereocenters. The van der Waals surface area contributed by atoms with Gasteiger partial charge in [-0.25, -0.2) is 0 Å². The smallest absolute Gasteiger partial charge is 0.0159 e. The number of rotatable bonds is 5. The van der Waals surface area contributed by atoms with E-state index < -0.39 is 0 Å². The second-order valence-corrected chi connectivity index (χ2v) is 7.73. The summed E-state index contributed by atoms with van der Waals surface area (Å²) in [5, 5.41) is 3.87. The second kappa shape index (κ2) is 6.58. The third kappa shape index (κ3) is 3.95. The van der Waals surface area contributed by atoms with E-state index in [1.807, 2.05) is 0 Å². The predicted octanol–water partition coefficient (Wildman–Crippen LogP) is 3.52. The van der Waals surface area contributed by atoms with Crippen molar-refractivity contribution in [3.63, 3.8) is 0 Å². The molecule has 0 aromatic carbocycles.